The van der Waals surface area contributed by atoms with Gasteiger partial charge >= 0.3 is 0 Å². The molecule has 2 N–H and O–H groups in total. The summed E-state index contributed by atoms with van der Waals surface area (Å²) in [5.41, 5.74) is 2.78. The van der Waals surface area contributed by atoms with Gasteiger partial charge in [0.05, 0.1) is 22.4 Å². The van der Waals surface area contributed by atoms with Crippen LogP contribution in [0.4, 0.5) is 0 Å². The molecule has 0 unspecified atom stereocenters. The van der Waals surface area contributed by atoms with Crippen molar-refractivity contribution in [2.45, 2.75) is 81.6 Å². The Hall–Kier alpha value is -2.21. The Morgan fingerprint density at radius 3 is 2.74 bits per heavy atom. The molecular weight excluding hydrogens is 472 g/mol. The van der Waals surface area contributed by atoms with Gasteiger partial charge in [-0.3, -0.25) is 0 Å². The first kappa shape index (κ1) is 23.5. The lowest BCUT2D eigenvalue weighted by molar-refractivity contribution is -0.402. The SMILES string of the molecule is Cc1c(Cc2ccc(C#N)cc2Cl)nc[nH+]c1O[C@H]1CC2CCC(NS(=O)(=O)C3CC3)(CC2)C1. The van der Waals surface area contributed by atoms with Gasteiger partial charge in [-0.2, -0.15) is 5.26 Å². The van der Waals surface area contributed by atoms with Crippen molar-refractivity contribution in [1.82, 2.24) is 9.71 Å². The van der Waals surface area contributed by atoms with Crippen molar-refractivity contribution in [1.29, 1.82) is 5.26 Å². The Morgan fingerprint density at radius 2 is 2.06 bits per heavy atom. The Kier molecular flexibility index (Phi) is 6.30. The van der Waals surface area contributed by atoms with Crippen LogP contribution in [-0.4, -0.2) is 30.3 Å². The number of nitrogens with one attached hydrogen (secondary N) is 2. The van der Waals surface area contributed by atoms with Crippen molar-refractivity contribution >= 4 is 21.6 Å². The minimum absolute atomic E-state index is 0.0689. The number of benzene rings is 1. The zero-order valence-corrected chi connectivity index (χ0v) is 20.9. The van der Waals surface area contributed by atoms with E-state index in [2.05, 4.69) is 20.8 Å². The van der Waals surface area contributed by atoms with Crippen LogP contribution in [-0.2, 0) is 16.4 Å². The van der Waals surface area contributed by atoms with E-state index in [9.17, 15) is 8.42 Å². The molecule has 2 bridgehead atoms. The lowest BCUT2D eigenvalue weighted by Crippen LogP contribution is -2.51. The van der Waals surface area contributed by atoms with Gasteiger partial charge in [-0.25, -0.2) is 18.1 Å². The molecule has 34 heavy (non-hydrogen) atoms. The van der Waals surface area contributed by atoms with Crippen molar-refractivity contribution in [3.63, 3.8) is 0 Å². The third-order valence-corrected chi connectivity index (χ3v) is 10.0. The fraction of sp³-hybridized carbons (Fsp3) is 0.560. The average Bonchev–Trinajstić information content (AvgIpc) is 3.66. The fourth-order valence-electron chi connectivity index (χ4n) is 5.47. The highest BCUT2D eigenvalue weighted by Gasteiger charge is 2.48. The molecule has 6 rings (SSSR count). The molecule has 4 aliphatic carbocycles. The maximum absolute atomic E-state index is 12.8. The summed E-state index contributed by atoms with van der Waals surface area (Å²) in [7, 11) is -3.26. The van der Waals surface area contributed by atoms with Crippen LogP contribution in [0.5, 0.6) is 5.88 Å². The molecule has 0 aliphatic heterocycles. The summed E-state index contributed by atoms with van der Waals surface area (Å²) >= 11 is 6.38. The standard InChI is InChI=1S/C25H29ClN4O3S/c1-16-23(12-19-3-2-18(14-27)11-22(19)26)28-15-29-24(16)33-20-10-17-6-8-25(13-20,9-7-17)30-34(31,32)21-4-5-21/h2-3,11,15,17,20-21,30H,4-10,12-13H2,1H3/p+1/t17?,20-,25?/m0/s1. The highest BCUT2D eigenvalue weighted by molar-refractivity contribution is 7.90. The topological polar surface area (TPSA) is 106 Å². The summed E-state index contributed by atoms with van der Waals surface area (Å²) < 4.78 is 35.2. The van der Waals surface area contributed by atoms with Crippen LogP contribution in [0.1, 0.15) is 73.8 Å². The number of halogens is 1. The number of hydrogen-bond acceptors (Lipinski definition) is 5. The van der Waals surface area contributed by atoms with E-state index in [1.54, 1.807) is 18.5 Å². The van der Waals surface area contributed by atoms with Crippen molar-refractivity contribution < 1.29 is 18.1 Å². The molecule has 0 radical (unpaired) electrons. The molecule has 1 aromatic heterocycles. The summed E-state index contributed by atoms with van der Waals surface area (Å²) in [6.07, 6.45) is 9.07. The van der Waals surface area contributed by atoms with Crippen LogP contribution >= 0.6 is 11.6 Å². The van der Waals surface area contributed by atoms with Crippen LogP contribution < -0.4 is 14.4 Å². The zero-order valence-electron chi connectivity index (χ0n) is 19.3. The third-order valence-electron chi connectivity index (χ3n) is 7.61. The van der Waals surface area contributed by atoms with Crippen LogP contribution in [0.3, 0.4) is 0 Å². The first-order chi connectivity index (χ1) is 16.3. The number of rotatable bonds is 7. The predicted molar refractivity (Wildman–Crippen MR) is 128 cm³/mol. The van der Waals surface area contributed by atoms with E-state index >= 15 is 0 Å². The molecule has 180 valence electrons. The van der Waals surface area contributed by atoms with Gasteiger partial charge in [0.1, 0.15) is 6.10 Å². The summed E-state index contributed by atoms with van der Waals surface area (Å²) in [4.78, 5) is 7.66. The third kappa shape index (κ3) is 4.93. The first-order valence-corrected chi connectivity index (χ1v) is 13.9. The maximum Gasteiger partial charge on any atom is 0.289 e. The molecule has 4 aliphatic rings. The van der Waals surface area contributed by atoms with E-state index in [0.29, 0.717) is 35.2 Å². The highest BCUT2D eigenvalue weighted by Crippen LogP contribution is 2.44. The lowest BCUT2D eigenvalue weighted by Gasteiger charge is -2.37. The van der Waals surface area contributed by atoms with Crippen molar-refractivity contribution in [3.8, 4) is 11.9 Å². The van der Waals surface area contributed by atoms with Gasteiger partial charge in [0, 0.05) is 23.4 Å². The fourth-order valence-corrected chi connectivity index (χ4v) is 7.53. The molecular formula is C25H30ClN4O3S+. The normalized spacial score (nSPS) is 26.6. The molecule has 0 saturated heterocycles. The van der Waals surface area contributed by atoms with E-state index in [-0.39, 0.29) is 11.4 Å². The highest BCUT2D eigenvalue weighted by atomic mass is 35.5. The van der Waals surface area contributed by atoms with Gasteiger partial charge in [0.15, 0.2) is 5.69 Å². The van der Waals surface area contributed by atoms with Gasteiger partial charge in [0.2, 0.25) is 10.0 Å². The Balaban J connectivity index is 1.34. The van der Waals surface area contributed by atoms with Crippen LogP contribution in [0.15, 0.2) is 24.5 Å². The molecule has 0 amide bonds. The molecule has 1 heterocycles. The number of aromatic amines is 1. The van der Waals surface area contributed by atoms with Gasteiger partial charge in [-0.15, -0.1) is 0 Å². The second kappa shape index (κ2) is 9.10. The zero-order chi connectivity index (χ0) is 23.9. The summed E-state index contributed by atoms with van der Waals surface area (Å²) in [6, 6.07) is 7.39. The van der Waals surface area contributed by atoms with E-state index in [0.717, 1.165) is 61.8 Å². The molecule has 1 atom stereocenters. The summed E-state index contributed by atoms with van der Waals surface area (Å²) in [5, 5.41) is 9.40. The Bertz CT molecular complexity index is 1230. The minimum Gasteiger partial charge on any atom is -0.459 e. The molecule has 9 heteroatoms. The molecule has 4 saturated carbocycles. The van der Waals surface area contributed by atoms with Gasteiger partial charge in [-0.1, -0.05) is 22.7 Å². The monoisotopic (exact) mass is 501 g/mol. The van der Waals surface area contributed by atoms with Crippen molar-refractivity contribution in [3.05, 3.63) is 51.9 Å². The summed E-state index contributed by atoms with van der Waals surface area (Å²) in [6.45, 7) is 1.97. The lowest BCUT2D eigenvalue weighted by atomic mass is 9.79. The number of sulfonamides is 1. The number of aromatic nitrogens is 2. The Labute approximate surface area is 206 Å². The second-order valence-electron chi connectivity index (χ2n) is 10.1. The quantitative estimate of drug-likeness (QED) is 0.619. The Morgan fingerprint density at radius 1 is 1.29 bits per heavy atom. The largest absolute Gasteiger partial charge is 0.459 e. The van der Waals surface area contributed by atoms with Crippen LogP contribution in [0.25, 0.3) is 0 Å². The van der Waals surface area contributed by atoms with E-state index in [1.807, 2.05) is 13.0 Å². The molecule has 2 aromatic rings. The predicted octanol–water partition coefficient (Wildman–Crippen LogP) is 3.87. The molecule has 4 fully saturated rings. The van der Waals surface area contributed by atoms with E-state index in [4.69, 9.17) is 21.6 Å². The van der Waals surface area contributed by atoms with Crippen molar-refractivity contribution in [2.24, 2.45) is 5.92 Å². The summed E-state index contributed by atoms with van der Waals surface area (Å²) in [5.74, 6) is 1.23. The first-order valence-electron chi connectivity index (χ1n) is 12.0. The number of fused-ring (bicyclic) bond motifs is 4. The van der Waals surface area contributed by atoms with Crippen LogP contribution in [0, 0.1) is 24.2 Å². The minimum atomic E-state index is -3.26. The smallest absolute Gasteiger partial charge is 0.289 e. The molecule has 1 aromatic carbocycles. The van der Waals surface area contributed by atoms with Gasteiger partial charge in [-0.05, 0) is 75.5 Å². The number of nitrogens with zero attached hydrogens (tertiary/aromatic N) is 2. The average molecular weight is 502 g/mol. The molecule has 0 spiro atoms. The number of hydrogen-bond donors (Lipinski definition) is 1. The van der Waals surface area contributed by atoms with E-state index < -0.39 is 15.6 Å². The van der Waals surface area contributed by atoms with Crippen LogP contribution in [0.2, 0.25) is 5.02 Å². The van der Waals surface area contributed by atoms with E-state index in [1.165, 1.54) is 0 Å². The van der Waals surface area contributed by atoms with Gasteiger partial charge in [0.25, 0.3) is 12.2 Å². The second-order valence-corrected chi connectivity index (χ2v) is 12.5. The number of nitriles is 1. The maximum atomic E-state index is 12.8. The van der Waals surface area contributed by atoms with Crippen molar-refractivity contribution in [2.75, 3.05) is 0 Å². The number of H-pyrrole nitrogens is 1. The molecule has 7 nitrogen and oxygen atoms in total. The number of ether oxygens (including phenoxy) is 1. The van der Waals surface area contributed by atoms with Gasteiger partial charge < -0.3 is 4.74 Å².